The summed E-state index contributed by atoms with van der Waals surface area (Å²) in [4.78, 5) is 14.6. The minimum atomic E-state index is 0.175. The van der Waals surface area contributed by atoms with Crippen LogP contribution in [0.1, 0.15) is 43.4 Å². The summed E-state index contributed by atoms with van der Waals surface area (Å²) in [6.45, 7) is 6.35. The van der Waals surface area contributed by atoms with Gasteiger partial charge in [-0.3, -0.25) is 9.69 Å². The minimum absolute atomic E-state index is 0.175. The van der Waals surface area contributed by atoms with Crippen molar-refractivity contribution in [1.82, 2.24) is 15.5 Å². The molecule has 1 aromatic rings. The van der Waals surface area contributed by atoms with Gasteiger partial charge < -0.3 is 10.6 Å². The average Bonchev–Trinajstić information content (AvgIpc) is 2.54. The van der Waals surface area contributed by atoms with Gasteiger partial charge in [0.1, 0.15) is 0 Å². The fraction of sp³-hybridized carbons (Fsp3) is 0.632. The lowest BCUT2D eigenvalue weighted by atomic mass is 9.85. The fourth-order valence-electron chi connectivity index (χ4n) is 3.44. The maximum absolute atomic E-state index is 12.3. The number of rotatable bonds is 6. The van der Waals surface area contributed by atoms with Crippen molar-refractivity contribution in [1.29, 1.82) is 0 Å². The summed E-state index contributed by atoms with van der Waals surface area (Å²) < 4.78 is 0. The molecule has 1 aliphatic heterocycles. The van der Waals surface area contributed by atoms with Crippen LogP contribution in [0.4, 0.5) is 0 Å². The van der Waals surface area contributed by atoms with Gasteiger partial charge in [-0.05, 0) is 36.3 Å². The summed E-state index contributed by atoms with van der Waals surface area (Å²) in [5.74, 6) is 0.897. The van der Waals surface area contributed by atoms with Crippen LogP contribution in [0.25, 0.3) is 0 Å². The van der Waals surface area contributed by atoms with Crippen LogP contribution in [0.15, 0.2) is 24.3 Å². The molecule has 3 rings (SSSR count). The maximum atomic E-state index is 12.3. The second kappa shape index (κ2) is 7.93. The Labute approximate surface area is 139 Å². The highest BCUT2D eigenvalue weighted by atomic mass is 16.2. The number of carbonyl (C=O) groups is 1. The van der Waals surface area contributed by atoms with Gasteiger partial charge in [0.25, 0.3) is 0 Å². The van der Waals surface area contributed by atoms with Crippen LogP contribution in [0.5, 0.6) is 0 Å². The third-order valence-corrected chi connectivity index (χ3v) is 5.29. The highest BCUT2D eigenvalue weighted by Crippen LogP contribution is 2.25. The van der Waals surface area contributed by atoms with Crippen molar-refractivity contribution in [3.05, 3.63) is 35.4 Å². The third kappa shape index (κ3) is 4.33. The summed E-state index contributed by atoms with van der Waals surface area (Å²) in [5.41, 5.74) is 2.67. The zero-order chi connectivity index (χ0) is 16.1. The van der Waals surface area contributed by atoms with Crippen LogP contribution in [-0.4, -0.2) is 43.5 Å². The molecule has 1 heterocycles. The predicted molar refractivity (Wildman–Crippen MR) is 93.4 cm³/mol. The number of hydrogen-bond acceptors (Lipinski definition) is 3. The normalized spacial score (nSPS) is 22.6. The van der Waals surface area contributed by atoms with Gasteiger partial charge in [-0.15, -0.1) is 0 Å². The summed E-state index contributed by atoms with van der Waals surface area (Å²) in [6.07, 6.45) is 4.95. The van der Waals surface area contributed by atoms with E-state index in [2.05, 4.69) is 46.7 Å². The molecule has 1 amide bonds. The van der Waals surface area contributed by atoms with E-state index in [-0.39, 0.29) is 5.91 Å². The number of hydrogen-bond donors (Lipinski definition) is 2. The zero-order valence-corrected chi connectivity index (χ0v) is 14.2. The van der Waals surface area contributed by atoms with Gasteiger partial charge in [0.2, 0.25) is 5.91 Å². The number of benzene rings is 1. The molecule has 1 saturated carbocycles. The van der Waals surface area contributed by atoms with E-state index in [0.29, 0.717) is 12.6 Å². The van der Waals surface area contributed by atoms with Gasteiger partial charge in [-0.2, -0.15) is 0 Å². The molecule has 1 atom stereocenters. The number of nitrogens with zero attached hydrogens (tertiary/aromatic N) is 1. The van der Waals surface area contributed by atoms with E-state index in [1.807, 2.05) is 0 Å². The van der Waals surface area contributed by atoms with Crippen molar-refractivity contribution in [2.75, 3.05) is 32.7 Å². The topological polar surface area (TPSA) is 44.4 Å². The number of amides is 1. The molecule has 1 unspecified atom stereocenters. The first-order valence-corrected chi connectivity index (χ1v) is 9.06. The van der Waals surface area contributed by atoms with E-state index in [0.717, 1.165) is 38.5 Å². The molecule has 0 aromatic heterocycles. The summed E-state index contributed by atoms with van der Waals surface area (Å²) in [7, 11) is 0. The molecular weight excluding hydrogens is 286 g/mol. The average molecular weight is 315 g/mol. The van der Waals surface area contributed by atoms with Crippen molar-refractivity contribution < 1.29 is 4.79 Å². The van der Waals surface area contributed by atoms with Crippen LogP contribution < -0.4 is 10.6 Å². The Kier molecular flexibility index (Phi) is 5.68. The van der Waals surface area contributed by atoms with Crippen molar-refractivity contribution in [2.45, 2.75) is 38.6 Å². The standard InChI is InChI=1S/C19H29N3O/c1-2-15-6-8-17(9-7-15)18-13-20-10-11-22(18)14-19(23)21-12-16-4-3-5-16/h6-9,16,18,20H,2-5,10-14H2,1H3,(H,21,23). The molecule has 2 N–H and O–H groups in total. The largest absolute Gasteiger partial charge is 0.355 e. The lowest BCUT2D eigenvalue weighted by Gasteiger charge is -2.36. The Balaban J connectivity index is 1.57. The molecule has 2 fully saturated rings. The van der Waals surface area contributed by atoms with Crippen molar-refractivity contribution in [2.24, 2.45) is 5.92 Å². The molecule has 0 bridgehead atoms. The summed E-state index contributed by atoms with van der Waals surface area (Å²) >= 11 is 0. The maximum Gasteiger partial charge on any atom is 0.234 e. The smallest absolute Gasteiger partial charge is 0.234 e. The number of piperazine rings is 1. The van der Waals surface area contributed by atoms with Crippen LogP contribution in [0, 0.1) is 5.92 Å². The van der Waals surface area contributed by atoms with E-state index < -0.39 is 0 Å². The number of carbonyl (C=O) groups excluding carboxylic acids is 1. The number of aryl methyl sites for hydroxylation is 1. The second-order valence-electron chi connectivity index (χ2n) is 6.89. The van der Waals surface area contributed by atoms with Crippen LogP contribution in [0.2, 0.25) is 0 Å². The third-order valence-electron chi connectivity index (χ3n) is 5.29. The molecule has 126 valence electrons. The molecule has 4 heteroatoms. The Hall–Kier alpha value is -1.39. The monoisotopic (exact) mass is 315 g/mol. The van der Waals surface area contributed by atoms with Gasteiger partial charge >= 0.3 is 0 Å². The van der Waals surface area contributed by atoms with E-state index in [4.69, 9.17) is 0 Å². The minimum Gasteiger partial charge on any atom is -0.355 e. The van der Waals surface area contributed by atoms with Crippen LogP contribution in [-0.2, 0) is 11.2 Å². The fourth-order valence-corrected chi connectivity index (χ4v) is 3.44. The SMILES string of the molecule is CCc1ccc(C2CNCCN2CC(=O)NCC2CCC2)cc1. The Morgan fingerprint density at radius 2 is 2.09 bits per heavy atom. The summed E-state index contributed by atoms with van der Waals surface area (Å²) in [6, 6.07) is 9.15. The lowest BCUT2D eigenvalue weighted by Crippen LogP contribution is -2.50. The highest BCUT2D eigenvalue weighted by molar-refractivity contribution is 5.78. The Morgan fingerprint density at radius 3 is 2.74 bits per heavy atom. The second-order valence-corrected chi connectivity index (χ2v) is 6.89. The van der Waals surface area contributed by atoms with Crippen LogP contribution in [0.3, 0.4) is 0 Å². The van der Waals surface area contributed by atoms with E-state index in [9.17, 15) is 4.79 Å². The first kappa shape index (κ1) is 16.5. The molecule has 23 heavy (non-hydrogen) atoms. The number of nitrogens with one attached hydrogen (secondary N) is 2. The van der Waals surface area contributed by atoms with Crippen molar-refractivity contribution >= 4 is 5.91 Å². The lowest BCUT2D eigenvalue weighted by molar-refractivity contribution is -0.123. The first-order valence-electron chi connectivity index (χ1n) is 9.06. The predicted octanol–water partition coefficient (Wildman–Crippen LogP) is 2.11. The Morgan fingerprint density at radius 1 is 1.30 bits per heavy atom. The zero-order valence-electron chi connectivity index (χ0n) is 14.2. The Bertz CT molecular complexity index is 510. The van der Waals surface area contributed by atoms with Gasteiger partial charge in [0, 0.05) is 32.2 Å². The van der Waals surface area contributed by atoms with Gasteiger partial charge in [-0.25, -0.2) is 0 Å². The summed E-state index contributed by atoms with van der Waals surface area (Å²) in [5, 5.41) is 6.58. The quantitative estimate of drug-likeness (QED) is 0.845. The van der Waals surface area contributed by atoms with E-state index >= 15 is 0 Å². The van der Waals surface area contributed by atoms with Crippen molar-refractivity contribution in [3.8, 4) is 0 Å². The van der Waals surface area contributed by atoms with E-state index in [1.165, 1.54) is 30.4 Å². The van der Waals surface area contributed by atoms with Gasteiger partial charge in [0.05, 0.1) is 6.54 Å². The van der Waals surface area contributed by atoms with Crippen molar-refractivity contribution in [3.63, 3.8) is 0 Å². The molecule has 1 aliphatic carbocycles. The molecule has 2 aliphatic rings. The molecule has 1 saturated heterocycles. The van der Waals surface area contributed by atoms with Crippen LogP contribution >= 0.6 is 0 Å². The molecular formula is C19H29N3O. The van der Waals surface area contributed by atoms with Gasteiger partial charge in [0.15, 0.2) is 0 Å². The molecule has 0 spiro atoms. The first-order chi connectivity index (χ1) is 11.3. The molecule has 4 nitrogen and oxygen atoms in total. The van der Waals surface area contributed by atoms with E-state index in [1.54, 1.807) is 0 Å². The highest BCUT2D eigenvalue weighted by Gasteiger charge is 2.26. The van der Waals surface area contributed by atoms with Gasteiger partial charge in [-0.1, -0.05) is 37.6 Å². The molecule has 0 radical (unpaired) electrons. The molecule has 1 aromatic carbocycles.